The van der Waals surface area contributed by atoms with E-state index in [1.165, 1.54) is 6.07 Å². The third kappa shape index (κ3) is 3.28. The topological polar surface area (TPSA) is 84.8 Å². The molecule has 2 aromatic heterocycles. The van der Waals surface area contributed by atoms with Crippen LogP contribution in [0.25, 0.3) is 33.1 Å². The van der Waals surface area contributed by atoms with Gasteiger partial charge in [-0.1, -0.05) is 60.7 Å². The molecular formula is C26H18N2O4. The highest BCUT2D eigenvalue weighted by Gasteiger charge is 2.25. The maximum absolute atomic E-state index is 12.2. The predicted octanol–water partition coefficient (Wildman–Crippen LogP) is 5.01. The molecule has 0 aliphatic heterocycles. The lowest BCUT2D eigenvalue weighted by atomic mass is 9.96. The zero-order valence-corrected chi connectivity index (χ0v) is 17.2. The molecular weight excluding hydrogens is 404 g/mol. The Hall–Kier alpha value is -4.45. The Morgan fingerprint density at radius 3 is 2.38 bits per heavy atom. The second-order valence-electron chi connectivity index (χ2n) is 7.31. The molecule has 0 spiro atoms. The Bertz CT molecular complexity index is 1530. The highest BCUT2D eigenvalue weighted by Crippen LogP contribution is 2.40. The summed E-state index contributed by atoms with van der Waals surface area (Å²) in [5.74, 6) is 0.461. The highest BCUT2D eigenvalue weighted by molar-refractivity contribution is 6.22. The third-order valence-corrected chi connectivity index (χ3v) is 5.32. The highest BCUT2D eigenvalue weighted by atomic mass is 16.4. The number of hydrazone groups is 1. The zero-order chi connectivity index (χ0) is 22.1. The third-order valence-electron chi connectivity index (χ3n) is 5.32. The van der Waals surface area contributed by atoms with E-state index in [0.29, 0.717) is 34.4 Å². The van der Waals surface area contributed by atoms with Gasteiger partial charge in [-0.05, 0) is 30.2 Å². The number of amides is 1. The molecule has 6 nitrogen and oxygen atoms in total. The Balaban J connectivity index is 1.94. The molecule has 0 saturated heterocycles. The van der Waals surface area contributed by atoms with E-state index in [4.69, 9.17) is 8.83 Å². The molecule has 0 saturated carbocycles. The van der Waals surface area contributed by atoms with Gasteiger partial charge >= 0.3 is 5.63 Å². The van der Waals surface area contributed by atoms with Crippen LogP contribution in [0.3, 0.4) is 0 Å². The molecule has 3 aromatic carbocycles. The van der Waals surface area contributed by atoms with Crippen LogP contribution in [0, 0.1) is 6.92 Å². The van der Waals surface area contributed by atoms with E-state index in [2.05, 4.69) is 10.5 Å². The number of nitrogens with one attached hydrogen (secondary N) is 1. The lowest BCUT2D eigenvalue weighted by Crippen LogP contribution is -2.11. The van der Waals surface area contributed by atoms with Gasteiger partial charge in [0.25, 0.3) is 0 Å². The van der Waals surface area contributed by atoms with E-state index < -0.39 is 5.63 Å². The molecule has 0 atom stereocenters. The van der Waals surface area contributed by atoms with Crippen molar-refractivity contribution in [2.75, 3.05) is 0 Å². The van der Waals surface area contributed by atoms with E-state index >= 15 is 0 Å². The number of nitrogens with zero attached hydrogens (tertiary/aromatic N) is 1. The second kappa shape index (κ2) is 8.00. The molecule has 156 valence electrons. The van der Waals surface area contributed by atoms with Gasteiger partial charge in [-0.3, -0.25) is 4.79 Å². The van der Waals surface area contributed by atoms with Crippen LogP contribution in [0.5, 0.6) is 0 Å². The summed E-state index contributed by atoms with van der Waals surface area (Å²) >= 11 is 0. The van der Waals surface area contributed by atoms with Crippen molar-refractivity contribution < 1.29 is 13.6 Å². The summed E-state index contributed by atoms with van der Waals surface area (Å²) in [5, 5.41) is 5.80. The first-order valence-electron chi connectivity index (χ1n) is 10.1. The van der Waals surface area contributed by atoms with Crippen LogP contribution in [0.2, 0.25) is 0 Å². The van der Waals surface area contributed by atoms with Gasteiger partial charge in [0.2, 0.25) is 6.41 Å². The quantitative estimate of drug-likeness (QED) is 0.187. The molecule has 32 heavy (non-hydrogen) atoms. The van der Waals surface area contributed by atoms with E-state index in [0.717, 1.165) is 27.6 Å². The Morgan fingerprint density at radius 2 is 1.66 bits per heavy atom. The average molecular weight is 422 g/mol. The number of aryl methyl sites for hydroxylation is 1. The standard InChI is InChI=1S/C26H18N2O4/c1-16-14-21(30)32-25-19(16)12-13-20-23(25)22(17-8-4-2-5-9-17)26(31-20)24(28-27-15-29)18-10-6-3-7-11-18/h2-15H,1H3,(H,27,29)/b28-24+. The lowest BCUT2D eigenvalue weighted by Gasteiger charge is -2.08. The minimum Gasteiger partial charge on any atom is -0.454 e. The number of hydrogen-bond acceptors (Lipinski definition) is 5. The summed E-state index contributed by atoms with van der Waals surface area (Å²) in [6.45, 7) is 1.87. The van der Waals surface area contributed by atoms with Crippen LogP contribution < -0.4 is 11.1 Å². The monoisotopic (exact) mass is 422 g/mol. The van der Waals surface area contributed by atoms with Gasteiger partial charge < -0.3 is 8.83 Å². The molecule has 6 heteroatoms. The number of furan rings is 1. The van der Waals surface area contributed by atoms with Crippen molar-refractivity contribution in [3.05, 3.63) is 106 Å². The molecule has 0 aliphatic rings. The number of hydrogen-bond donors (Lipinski definition) is 1. The summed E-state index contributed by atoms with van der Waals surface area (Å²) < 4.78 is 12.0. The SMILES string of the molecule is Cc1cc(=O)oc2c1ccc1oc(/C(=N/NC=O)c3ccccc3)c(-c3ccccc3)c12. The van der Waals surface area contributed by atoms with Gasteiger partial charge in [-0.2, -0.15) is 5.10 Å². The van der Waals surface area contributed by atoms with Crippen LogP contribution in [0.4, 0.5) is 0 Å². The first kappa shape index (κ1) is 19.5. The number of fused-ring (bicyclic) bond motifs is 3. The van der Waals surface area contributed by atoms with Gasteiger partial charge in [-0.15, -0.1) is 0 Å². The molecule has 5 rings (SSSR count). The van der Waals surface area contributed by atoms with Gasteiger partial charge in [0, 0.05) is 22.6 Å². The minimum atomic E-state index is -0.427. The van der Waals surface area contributed by atoms with Gasteiger partial charge in [-0.25, -0.2) is 10.2 Å². The Labute approximate surface area is 182 Å². The van der Waals surface area contributed by atoms with E-state index in [1.807, 2.05) is 79.7 Å². The minimum absolute atomic E-state index is 0.427. The van der Waals surface area contributed by atoms with Crippen molar-refractivity contribution in [2.24, 2.45) is 5.10 Å². The average Bonchev–Trinajstić information content (AvgIpc) is 3.20. The van der Waals surface area contributed by atoms with Gasteiger partial charge in [0.1, 0.15) is 16.9 Å². The molecule has 0 radical (unpaired) electrons. The van der Waals surface area contributed by atoms with Crippen molar-refractivity contribution in [1.29, 1.82) is 0 Å². The van der Waals surface area contributed by atoms with Crippen LogP contribution in [-0.2, 0) is 4.79 Å². The first-order valence-corrected chi connectivity index (χ1v) is 10.1. The maximum atomic E-state index is 12.2. The van der Waals surface area contributed by atoms with Crippen molar-refractivity contribution in [1.82, 2.24) is 5.43 Å². The molecule has 0 bridgehead atoms. The van der Waals surface area contributed by atoms with E-state index in [1.54, 1.807) is 0 Å². The van der Waals surface area contributed by atoms with Crippen LogP contribution in [-0.4, -0.2) is 12.1 Å². The van der Waals surface area contributed by atoms with Gasteiger partial charge in [0.15, 0.2) is 5.76 Å². The molecule has 1 amide bonds. The summed E-state index contributed by atoms with van der Waals surface area (Å²) in [7, 11) is 0. The zero-order valence-electron chi connectivity index (χ0n) is 17.2. The second-order valence-corrected chi connectivity index (χ2v) is 7.31. The smallest absolute Gasteiger partial charge is 0.336 e. The number of rotatable bonds is 5. The maximum Gasteiger partial charge on any atom is 0.336 e. The van der Waals surface area contributed by atoms with Crippen molar-refractivity contribution in [3.63, 3.8) is 0 Å². The molecule has 0 fully saturated rings. The van der Waals surface area contributed by atoms with Gasteiger partial charge in [0.05, 0.1) is 5.39 Å². The molecule has 1 N–H and O–H groups in total. The molecule has 5 aromatic rings. The number of carbonyl (C=O) groups is 1. The fourth-order valence-electron chi connectivity index (χ4n) is 3.94. The summed E-state index contributed by atoms with van der Waals surface area (Å²) in [5.41, 5.74) is 6.61. The van der Waals surface area contributed by atoms with Crippen LogP contribution in [0.15, 0.2) is 97.6 Å². The fourth-order valence-corrected chi connectivity index (χ4v) is 3.94. The van der Waals surface area contributed by atoms with Crippen LogP contribution >= 0.6 is 0 Å². The summed E-state index contributed by atoms with van der Waals surface area (Å²) in [6, 6.07) is 24.3. The van der Waals surface area contributed by atoms with E-state index in [-0.39, 0.29) is 0 Å². The van der Waals surface area contributed by atoms with Crippen molar-refractivity contribution >= 4 is 34.1 Å². The normalized spacial score (nSPS) is 11.7. The Morgan fingerprint density at radius 1 is 0.938 bits per heavy atom. The molecule has 2 heterocycles. The first-order chi connectivity index (χ1) is 15.7. The lowest BCUT2D eigenvalue weighted by molar-refractivity contribution is -0.109. The summed E-state index contributed by atoms with van der Waals surface area (Å²) in [4.78, 5) is 23.3. The van der Waals surface area contributed by atoms with Crippen molar-refractivity contribution in [2.45, 2.75) is 6.92 Å². The largest absolute Gasteiger partial charge is 0.454 e. The predicted molar refractivity (Wildman–Crippen MR) is 124 cm³/mol. The van der Waals surface area contributed by atoms with Crippen LogP contribution in [0.1, 0.15) is 16.9 Å². The number of carbonyl (C=O) groups excluding carboxylic acids is 1. The molecule has 0 aliphatic carbocycles. The van der Waals surface area contributed by atoms with Crippen molar-refractivity contribution in [3.8, 4) is 11.1 Å². The Kier molecular flexibility index (Phi) is 4.88. The molecule has 0 unspecified atom stereocenters. The summed E-state index contributed by atoms with van der Waals surface area (Å²) in [6.07, 6.45) is 0.506. The fraction of sp³-hybridized carbons (Fsp3) is 0.0385. The van der Waals surface area contributed by atoms with E-state index in [9.17, 15) is 9.59 Å². The number of benzene rings is 3.